The average Bonchev–Trinajstić information content (AvgIpc) is 3.26. The SMILES string of the molecule is Cc1[nH]ncc1C(c1ccc(-c2ccc(F)cc2)cc1)N1CCC(O)C1. The lowest BCUT2D eigenvalue weighted by molar-refractivity contribution is 0.167. The lowest BCUT2D eigenvalue weighted by Gasteiger charge is -2.28. The summed E-state index contributed by atoms with van der Waals surface area (Å²) < 4.78 is 13.1. The zero-order chi connectivity index (χ0) is 18.1. The second-order valence-corrected chi connectivity index (χ2v) is 6.92. The summed E-state index contributed by atoms with van der Waals surface area (Å²) in [5.74, 6) is -0.228. The smallest absolute Gasteiger partial charge is 0.123 e. The number of rotatable bonds is 4. The minimum atomic E-state index is -0.275. The van der Waals surface area contributed by atoms with E-state index in [1.807, 2.05) is 13.1 Å². The first-order valence-electron chi connectivity index (χ1n) is 8.89. The molecule has 4 rings (SSSR count). The molecular weight excluding hydrogens is 329 g/mol. The fraction of sp³-hybridized carbons (Fsp3) is 0.286. The molecule has 1 aromatic heterocycles. The van der Waals surface area contributed by atoms with Gasteiger partial charge >= 0.3 is 0 Å². The Kier molecular flexibility index (Phi) is 4.57. The molecule has 2 atom stereocenters. The third-order valence-corrected chi connectivity index (χ3v) is 5.13. The first-order valence-corrected chi connectivity index (χ1v) is 8.89. The van der Waals surface area contributed by atoms with Gasteiger partial charge in [0, 0.05) is 24.3 Å². The Morgan fingerprint density at radius 3 is 2.31 bits per heavy atom. The molecule has 134 valence electrons. The van der Waals surface area contributed by atoms with Crippen LogP contribution < -0.4 is 0 Å². The standard InChI is InChI=1S/C21H22FN3O/c1-14-20(12-23-24-14)21(25-11-10-19(26)13-25)17-4-2-15(3-5-17)16-6-8-18(22)9-7-16/h2-9,12,19,21,26H,10-11,13H2,1H3,(H,23,24). The highest BCUT2D eigenvalue weighted by atomic mass is 19.1. The summed E-state index contributed by atoms with van der Waals surface area (Å²) >= 11 is 0. The van der Waals surface area contributed by atoms with Crippen molar-refractivity contribution in [1.82, 2.24) is 15.1 Å². The van der Waals surface area contributed by atoms with Crippen LogP contribution in [0.15, 0.2) is 54.7 Å². The quantitative estimate of drug-likeness (QED) is 0.754. The van der Waals surface area contributed by atoms with Gasteiger partial charge in [0.15, 0.2) is 0 Å². The van der Waals surface area contributed by atoms with Crippen molar-refractivity contribution < 1.29 is 9.50 Å². The topological polar surface area (TPSA) is 52.2 Å². The summed E-state index contributed by atoms with van der Waals surface area (Å²) in [5, 5.41) is 17.2. The van der Waals surface area contributed by atoms with Gasteiger partial charge in [-0.25, -0.2) is 4.39 Å². The molecule has 0 radical (unpaired) electrons. The summed E-state index contributed by atoms with van der Waals surface area (Å²) in [6.45, 7) is 3.54. The maximum atomic E-state index is 13.1. The van der Waals surface area contributed by atoms with E-state index in [0.29, 0.717) is 6.54 Å². The number of likely N-dealkylation sites (tertiary alicyclic amines) is 1. The zero-order valence-corrected chi connectivity index (χ0v) is 14.7. The molecule has 4 nitrogen and oxygen atoms in total. The molecule has 0 saturated carbocycles. The minimum Gasteiger partial charge on any atom is -0.392 e. The lowest BCUT2D eigenvalue weighted by Crippen LogP contribution is -2.28. The number of H-pyrrole nitrogens is 1. The second-order valence-electron chi connectivity index (χ2n) is 6.92. The highest BCUT2D eigenvalue weighted by molar-refractivity contribution is 5.63. The molecule has 2 heterocycles. The van der Waals surface area contributed by atoms with Crippen LogP contribution in [-0.2, 0) is 0 Å². The second kappa shape index (κ2) is 7.02. The highest BCUT2D eigenvalue weighted by Crippen LogP contribution is 2.34. The molecular formula is C21H22FN3O. The van der Waals surface area contributed by atoms with E-state index in [1.54, 1.807) is 12.1 Å². The molecule has 2 N–H and O–H groups in total. The maximum absolute atomic E-state index is 13.1. The van der Waals surface area contributed by atoms with Crippen molar-refractivity contribution in [2.24, 2.45) is 0 Å². The van der Waals surface area contributed by atoms with Crippen LogP contribution in [0.5, 0.6) is 0 Å². The number of aliphatic hydroxyl groups excluding tert-OH is 1. The van der Waals surface area contributed by atoms with E-state index in [1.165, 1.54) is 12.1 Å². The van der Waals surface area contributed by atoms with Crippen molar-refractivity contribution >= 4 is 0 Å². The number of aromatic amines is 1. The van der Waals surface area contributed by atoms with E-state index in [2.05, 4.69) is 39.4 Å². The molecule has 1 saturated heterocycles. The van der Waals surface area contributed by atoms with Crippen LogP contribution in [0.4, 0.5) is 4.39 Å². The number of aromatic nitrogens is 2. The highest BCUT2D eigenvalue weighted by Gasteiger charge is 2.30. The predicted octanol–water partition coefficient (Wildman–Crippen LogP) is 3.68. The molecule has 2 aromatic carbocycles. The van der Waals surface area contributed by atoms with Crippen LogP contribution in [0.2, 0.25) is 0 Å². The van der Waals surface area contributed by atoms with Gasteiger partial charge in [0.25, 0.3) is 0 Å². The molecule has 0 aliphatic carbocycles. The molecule has 1 aliphatic heterocycles. The van der Waals surface area contributed by atoms with Crippen molar-refractivity contribution in [1.29, 1.82) is 0 Å². The van der Waals surface area contributed by atoms with E-state index in [9.17, 15) is 9.50 Å². The summed E-state index contributed by atoms with van der Waals surface area (Å²) in [6, 6.07) is 15.0. The van der Waals surface area contributed by atoms with Gasteiger partial charge < -0.3 is 5.11 Å². The van der Waals surface area contributed by atoms with Crippen molar-refractivity contribution in [2.75, 3.05) is 13.1 Å². The van der Waals surface area contributed by atoms with Gasteiger partial charge in [0.1, 0.15) is 5.82 Å². The van der Waals surface area contributed by atoms with Gasteiger partial charge in [-0.2, -0.15) is 5.10 Å². The molecule has 0 spiro atoms. The normalized spacial score (nSPS) is 19.0. The molecule has 2 unspecified atom stereocenters. The molecule has 1 fully saturated rings. The maximum Gasteiger partial charge on any atom is 0.123 e. The monoisotopic (exact) mass is 351 g/mol. The predicted molar refractivity (Wildman–Crippen MR) is 99.2 cm³/mol. The molecule has 1 aliphatic rings. The number of nitrogens with one attached hydrogen (secondary N) is 1. The summed E-state index contributed by atoms with van der Waals surface area (Å²) in [5.41, 5.74) is 5.38. The lowest BCUT2D eigenvalue weighted by atomic mass is 9.95. The first kappa shape index (κ1) is 16.9. The number of benzene rings is 2. The number of aryl methyl sites for hydroxylation is 1. The Balaban J connectivity index is 1.67. The van der Waals surface area contributed by atoms with Crippen molar-refractivity contribution in [3.05, 3.63) is 77.4 Å². The van der Waals surface area contributed by atoms with Crippen molar-refractivity contribution in [3.63, 3.8) is 0 Å². The molecule has 3 aromatic rings. The van der Waals surface area contributed by atoms with Crippen LogP contribution in [-0.4, -0.2) is 39.4 Å². The van der Waals surface area contributed by atoms with Gasteiger partial charge in [-0.1, -0.05) is 36.4 Å². The largest absolute Gasteiger partial charge is 0.392 e. The van der Waals surface area contributed by atoms with E-state index in [-0.39, 0.29) is 18.0 Å². The Morgan fingerprint density at radius 2 is 1.77 bits per heavy atom. The zero-order valence-electron chi connectivity index (χ0n) is 14.7. The third-order valence-electron chi connectivity index (χ3n) is 5.13. The number of hydrogen-bond donors (Lipinski definition) is 2. The number of hydrogen-bond acceptors (Lipinski definition) is 3. The van der Waals surface area contributed by atoms with Gasteiger partial charge in [-0.3, -0.25) is 10.00 Å². The first-order chi connectivity index (χ1) is 12.6. The number of halogens is 1. The fourth-order valence-corrected chi connectivity index (χ4v) is 3.73. The van der Waals surface area contributed by atoms with E-state index in [0.717, 1.165) is 40.9 Å². The number of β-amino-alcohol motifs (C(OH)–C–C–N with tert-alkyl or cyclic N) is 1. The Labute approximate surface area is 152 Å². The summed E-state index contributed by atoms with van der Waals surface area (Å²) in [6.07, 6.45) is 2.39. The van der Waals surface area contributed by atoms with Gasteiger partial charge in [-0.05, 0) is 42.2 Å². The van der Waals surface area contributed by atoms with Gasteiger partial charge in [0.05, 0.1) is 18.3 Å². The summed E-state index contributed by atoms with van der Waals surface area (Å²) in [7, 11) is 0. The molecule has 0 bridgehead atoms. The van der Waals surface area contributed by atoms with E-state index >= 15 is 0 Å². The van der Waals surface area contributed by atoms with Crippen LogP contribution in [0.25, 0.3) is 11.1 Å². The Morgan fingerprint density at radius 1 is 1.12 bits per heavy atom. The Hall–Kier alpha value is -2.50. The van der Waals surface area contributed by atoms with Crippen LogP contribution >= 0.6 is 0 Å². The third kappa shape index (κ3) is 3.28. The van der Waals surface area contributed by atoms with Crippen LogP contribution in [0.3, 0.4) is 0 Å². The number of aliphatic hydroxyl groups is 1. The average molecular weight is 351 g/mol. The molecule has 0 amide bonds. The fourth-order valence-electron chi connectivity index (χ4n) is 3.73. The Bertz CT molecular complexity index is 873. The molecule has 26 heavy (non-hydrogen) atoms. The van der Waals surface area contributed by atoms with Crippen molar-refractivity contribution in [2.45, 2.75) is 25.5 Å². The van der Waals surface area contributed by atoms with Crippen molar-refractivity contribution in [3.8, 4) is 11.1 Å². The van der Waals surface area contributed by atoms with E-state index < -0.39 is 0 Å². The van der Waals surface area contributed by atoms with E-state index in [4.69, 9.17) is 0 Å². The summed E-state index contributed by atoms with van der Waals surface area (Å²) in [4.78, 5) is 2.30. The molecule has 5 heteroatoms. The van der Waals surface area contributed by atoms with Gasteiger partial charge in [-0.15, -0.1) is 0 Å². The van der Waals surface area contributed by atoms with Gasteiger partial charge in [0.2, 0.25) is 0 Å². The van der Waals surface area contributed by atoms with Crippen LogP contribution in [0, 0.1) is 12.7 Å². The van der Waals surface area contributed by atoms with Crippen LogP contribution in [0.1, 0.15) is 29.3 Å². The minimum absolute atomic E-state index is 0.0631. The number of nitrogens with zero attached hydrogens (tertiary/aromatic N) is 2.